The minimum atomic E-state index is -0.0796. The van der Waals surface area contributed by atoms with Crippen LogP contribution in [0.15, 0.2) is 180 Å². The Kier molecular flexibility index (Phi) is 5.86. The van der Waals surface area contributed by atoms with Crippen molar-refractivity contribution in [2.75, 3.05) is 4.90 Å². The van der Waals surface area contributed by atoms with Crippen molar-refractivity contribution in [3.8, 4) is 33.4 Å². The van der Waals surface area contributed by atoms with E-state index in [1.807, 2.05) is 11.3 Å². The molecule has 2 aliphatic heterocycles. The molecule has 0 unspecified atom stereocenters. The van der Waals surface area contributed by atoms with E-state index in [-0.39, 0.29) is 6.85 Å². The summed E-state index contributed by atoms with van der Waals surface area (Å²) in [5.74, 6) is 0. The molecule has 0 atom stereocenters. The van der Waals surface area contributed by atoms with Gasteiger partial charge < -0.3 is 13.8 Å². The van der Waals surface area contributed by atoms with Crippen molar-refractivity contribution in [2.24, 2.45) is 0 Å². The molecule has 3 aromatic heterocycles. The van der Waals surface area contributed by atoms with Crippen molar-refractivity contribution in [3.05, 3.63) is 176 Å². The summed E-state index contributed by atoms with van der Waals surface area (Å²) in [5, 5.41) is 6.26. The average molecular weight is 717 g/mol. The van der Waals surface area contributed by atoms with Gasteiger partial charge >= 0.3 is 6.85 Å². The Morgan fingerprint density at radius 1 is 0.509 bits per heavy atom. The third-order valence-electron chi connectivity index (χ3n) is 12.0. The first-order chi connectivity index (χ1) is 27.3. The molecule has 13 rings (SSSR count). The normalized spacial score (nSPS) is 13.0. The lowest BCUT2D eigenvalue weighted by Crippen LogP contribution is -2.56. The van der Waals surface area contributed by atoms with Crippen LogP contribution in [0.1, 0.15) is 0 Å². The van der Waals surface area contributed by atoms with Gasteiger partial charge in [-0.3, -0.25) is 0 Å². The third-order valence-corrected chi connectivity index (χ3v) is 13.1. The molecule has 11 aromatic rings. The number of para-hydroxylation sites is 2. The number of furan rings is 1. The van der Waals surface area contributed by atoms with Crippen LogP contribution in [0.2, 0.25) is 0 Å². The lowest BCUT2D eigenvalue weighted by Gasteiger charge is -2.40. The molecule has 8 aromatic carbocycles. The van der Waals surface area contributed by atoms with Crippen LogP contribution in [0, 0.1) is 0 Å². The van der Waals surface area contributed by atoms with Crippen molar-refractivity contribution >= 4 is 99.3 Å². The molecule has 0 saturated heterocycles. The van der Waals surface area contributed by atoms with Crippen LogP contribution in [0.3, 0.4) is 0 Å². The van der Waals surface area contributed by atoms with Crippen molar-refractivity contribution in [2.45, 2.75) is 0 Å². The van der Waals surface area contributed by atoms with Crippen LogP contribution in [-0.4, -0.2) is 11.3 Å². The molecule has 5 heterocycles. The van der Waals surface area contributed by atoms with Gasteiger partial charge in [-0.25, -0.2) is 0 Å². The molecule has 0 saturated carbocycles. The monoisotopic (exact) mass is 716 g/mol. The van der Waals surface area contributed by atoms with E-state index in [0.29, 0.717) is 0 Å². The van der Waals surface area contributed by atoms with Gasteiger partial charge in [0.1, 0.15) is 5.58 Å². The highest BCUT2D eigenvalue weighted by Gasteiger charge is 2.45. The van der Waals surface area contributed by atoms with Gasteiger partial charge in [-0.2, -0.15) is 0 Å². The second kappa shape index (κ2) is 10.9. The summed E-state index contributed by atoms with van der Waals surface area (Å²) in [6.07, 6.45) is 0. The first-order valence-electron chi connectivity index (χ1n) is 18.9. The molecule has 0 amide bonds. The predicted molar refractivity (Wildman–Crippen MR) is 234 cm³/mol. The van der Waals surface area contributed by atoms with E-state index in [0.717, 1.165) is 33.3 Å². The zero-order valence-electron chi connectivity index (χ0n) is 29.5. The molecule has 0 aliphatic carbocycles. The maximum Gasteiger partial charge on any atom is 0.333 e. The minimum Gasteiger partial charge on any atom is -0.454 e. The molecule has 5 heteroatoms. The van der Waals surface area contributed by atoms with Gasteiger partial charge in [0.25, 0.3) is 0 Å². The van der Waals surface area contributed by atoms with E-state index in [4.69, 9.17) is 4.42 Å². The number of hydrogen-bond donors (Lipinski definition) is 0. The Morgan fingerprint density at radius 2 is 1.18 bits per heavy atom. The third kappa shape index (κ3) is 3.95. The van der Waals surface area contributed by atoms with Gasteiger partial charge in [-0.1, -0.05) is 140 Å². The quantitative estimate of drug-likeness (QED) is 0.170. The van der Waals surface area contributed by atoms with E-state index in [9.17, 15) is 0 Å². The number of anilines is 3. The van der Waals surface area contributed by atoms with Crippen molar-refractivity contribution in [1.82, 2.24) is 4.48 Å². The second-order valence-electron chi connectivity index (χ2n) is 14.8. The van der Waals surface area contributed by atoms with Gasteiger partial charge in [0.05, 0.1) is 10.5 Å². The molecule has 0 fully saturated rings. The lowest BCUT2D eigenvalue weighted by molar-refractivity contribution is 0.669. The van der Waals surface area contributed by atoms with Crippen molar-refractivity contribution in [3.63, 3.8) is 0 Å². The summed E-state index contributed by atoms with van der Waals surface area (Å²) in [4.78, 5) is 3.79. The topological polar surface area (TPSA) is 21.3 Å². The highest BCUT2D eigenvalue weighted by Crippen LogP contribution is 2.51. The van der Waals surface area contributed by atoms with Crippen LogP contribution in [-0.2, 0) is 0 Å². The summed E-state index contributed by atoms with van der Waals surface area (Å²) in [5.41, 5.74) is 16.4. The number of benzene rings is 8. The second-order valence-corrected chi connectivity index (χ2v) is 15.8. The Balaban J connectivity index is 1.20. The molecule has 3 nitrogen and oxygen atoms in total. The van der Waals surface area contributed by atoms with Gasteiger partial charge in [0, 0.05) is 54.1 Å². The van der Waals surface area contributed by atoms with Gasteiger partial charge in [-0.05, 0) is 75.1 Å². The fourth-order valence-corrected chi connectivity index (χ4v) is 10.9. The van der Waals surface area contributed by atoms with E-state index in [2.05, 4.69) is 185 Å². The molecule has 0 radical (unpaired) electrons. The van der Waals surface area contributed by atoms with Crippen molar-refractivity contribution < 1.29 is 4.42 Å². The lowest BCUT2D eigenvalue weighted by atomic mass is 9.45. The molecule has 0 spiro atoms. The number of aromatic nitrogens is 1. The number of hydrogen-bond acceptors (Lipinski definition) is 3. The number of nitrogens with zero attached hydrogens (tertiary/aromatic N) is 2. The fraction of sp³-hybridized carbons (Fsp3) is 0. The number of fused-ring (bicyclic) bond motifs is 13. The Labute approximate surface area is 321 Å². The number of rotatable bonds is 3. The zero-order valence-corrected chi connectivity index (χ0v) is 30.3. The molecule has 254 valence electrons. The smallest absolute Gasteiger partial charge is 0.333 e. The molecule has 0 bridgehead atoms. The standard InChI is InChI=1S/C50H29BN2OS/c1-3-12-30(13-4-1)32-22-25-34(26-23-32)52-42-27-24-33(31-14-5-2-6-15-31)28-41(42)51-46-39(29-40-35-16-7-9-20-43(35)54-49(40)48(46)52)36-18-11-19-38-45-37-17-8-10-21-44(37)55-50(45)53(51)47(36)38/h1-29H. The van der Waals surface area contributed by atoms with E-state index < -0.39 is 0 Å². The highest BCUT2D eigenvalue weighted by molar-refractivity contribution is 7.26. The minimum absolute atomic E-state index is 0.0796. The summed E-state index contributed by atoms with van der Waals surface area (Å²) in [7, 11) is 0. The number of thiophene rings is 1. The van der Waals surface area contributed by atoms with E-state index in [1.165, 1.54) is 81.2 Å². The Hall–Kier alpha value is -6.82. The summed E-state index contributed by atoms with van der Waals surface area (Å²) in [6, 6.07) is 64.3. The zero-order chi connectivity index (χ0) is 35.8. The summed E-state index contributed by atoms with van der Waals surface area (Å²) in [6.45, 7) is -0.0796. The maximum absolute atomic E-state index is 7.01. The first kappa shape index (κ1) is 29.6. The van der Waals surface area contributed by atoms with Crippen LogP contribution in [0.4, 0.5) is 17.1 Å². The van der Waals surface area contributed by atoms with Crippen LogP contribution >= 0.6 is 11.3 Å². The largest absolute Gasteiger partial charge is 0.454 e. The molecular formula is C50H29BN2OS. The van der Waals surface area contributed by atoms with Crippen LogP contribution in [0.25, 0.3) is 86.5 Å². The van der Waals surface area contributed by atoms with Crippen molar-refractivity contribution in [1.29, 1.82) is 0 Å². The summed E-state index contributed by atoms with van der Waals surface area (Å²) < 4.78 is 11.0. The summed E-state index contributed by atoms with van der Waals surface area (Å²) >= 11 is 1.91. The molecular weight excluding hydrogens is 687 g/mol. The van der Waals surface area contributed by atoms with E-state index >= 15 is 0 Å². The molecule has 0 N–H and O–H groups in total. The highest BCUT2D eigenvalue weighted by atomic mass is 32.1. The average Bonchev–Trinajstić information content (AvgIpc) is 3.92. The Morgan fingerprint density at radius 3 is 2.00 bits per heavy atom. The van der Waals surface area contributed by atoms with Gasteiger partial charge in [0.2, 0.25) is 0 Å². The van der Waals surface area contributed by atoms with Gasteiger partial charge in [0.15, 0.2) is 5.58 Å². The fourth-order valence-electron chi connectivity index (χ4n) is 9.64. The maximum atomic E-state index is 7.01. The molecule has 55 heavy (non-hydrogen) atoms. The van der Waals surface area contributed by atoms with E-state index in [1.54, 1.807) is 0 Å². The van der Waals surface area contributed by atoms with Crippen LogP contribution < -0.4 is 15.8 Å². The molecule has 2 aliphatic rings. The predicted octanol–water partition coefficient (Wildman–Crippen LogP) is 12.7. The SMILES string of the molecule is c1ccc(-c2ccc(N3c4ccc(-c5ccccc5)cc4B4c5c(cc6c(oc7ccccc76)c53)-c3cccc5c6c7ccccc7sc6n4c35)cc2)cc1. The van der Waals surface area contributed by atoms with Crippen LogP contribution in [0.5, 0.6) is 0 Å². The first-order valence-corrected chi connectivity index (χ1v) is 19.7. The van der Waals surface area contributed by atoms with Gasteiger partial charge in [-0.15, -0.1) is 11.3 Å². The Bertz CT molecular complexity index is 3380.